The van der Waals surface area contributed by atoms with Crippen LogP contribution in [-0.4, -0.2) is 18.1 Å². The summed E-state index contributed by atoms with van der Waals surface area (Å²) in [4.78, 5) is 12.2. The van der Waals surface area contributed by atoms with Gasteiger partial charge >= 0.3 is 0 Å². The van der Waals surface area contributed by atoms with Gasteiger partial charge in [0.2, 0.25) is 5.91 Å². The smallest absolute Gasteiger partial charge is 0.227 e. The van der Waals surface area contributed by atoms with E-state index in [0.717, 1.165) is 11.3 Å². The van der Waals surface area contributed by atoms with Crippen LogP contribution in [0.5, 0.6) is 5.75 Å². The summed E-state index contributed by atoms with van der Waals surface area (Å²) in [6.07, 6.45) is 4.61. The molecule has 0 saturated carbocycles. The first-order chi connectivity index (χ1) is 9.95. The first-order valence-corrected chi connectivity index (χ1v) is 7.46. The van der Waals surface area contributed by atoms with Crippen LogP contribution in [0.1, 0.15) is 38.8 Å². The molecule has 0 saturated heterocycles. The lowest BCUT2D eigenvalue weighted by molar-refractivity contribution is -0.124. The highest BCUT2D eigenvalue weighted by Crippen LogP contribution is 2.22. The van der Waals surface area contributed by atoms with Gasteiger partial charge in [-0.3, -0.25) is 4.79 Å². The molecule has 1 aliphatic rings. The fourth-order valence-electron chi connectivity index (χ4n) is 2.45. The van der Waals surface area contributed by atoms with E-state index in [0.29, 0.717) is 6.42 Å². The zero-order chi connectivity index (χ0) is 15.4. The van der Waals surface area contributed by atoms with Crippen LogP contribution in [0.15, 0.2) is 36.4 Å². The summed E-state index contributed by atoms with van der Waals surface area (Å²) in [5, 5.41) is 3.04. The second kappa shape index (κ2) is 6.76. The van der Waals surface area contributed by atoms with Crippen LogP contribution in [0.3, 0.4) is 0 Å². The van der Waals surface area contributed by atoms with Crippen LogP contribution in [0.4, 0.5) is 0 Å². The molecule has 1 aliphatic carbocycles. The predicted molar refractivity (Wildman–Crippen MR) is 84.0 cm³/mol. The minimum absolute atomic E-state index is 0.00109. The summed E-state index contributed by atoms with van der Waals surface area (Å²) in [6.45, 7) is 5.96. The van der Waals surface area contributed by atoms with Gasteiger partial charge in [0.25, 0.3) is 0 Å². The molecular weight excluding hydrogens is 264 g/mol. The maximum atomic E-state index is 12.2. The Morgan fingerprint density at radius 2 is 2.10 bits per heavy atom. The van der Waals surface area contributed by atoms with Crippen molar-refractivity contribution in [2.45, 2.75) is 45.4 Å². The normalized spacial score (nSPS) is 22.3. The highest BCUT2D eigenvalue weighted by Gasteiger charge is 2.23. The molecule has 1 aromatic carbocycles. The van der Waals surface area contributed by atoms with Gasteiger partial charge in [-0.05, 0) is 44.9 Å². The Balaban J connectivity index is 1.98. The van der Waals surface area contributed by atoms with Crippen molar-refractivity contribution in [3.05, 3.63) is 42.0 Å². The molecule has 3 atom stereocenters. The number of ether oxygens (including phenoxy) is 1. The van der Waals surface area contributed by atoms with E-state index in [-0.39, 0.29) is 30.0 Å². The molecule has 114 valence electrons. The quantitative estimate of drug-likeness (QED) is 0.818. The molecule has 0 radical (unpaired) electrons. The van der Waals surface area contributed by atoms with Crippen LogP contribution in [0.25, 0.3) is 0 Å². The van der Waals surface area contributed by atoms with Crippen LogP contribution in [-0.2, 0) is 4.79 Å². The van der Waals surface area contributed by atoms with E-state index in [2.05, 4.69) is 5.32 Å². The highest BCUT2D eigenvalue weighted by atomic mass is 16.5. The fraction of sp³-hybridized carbons (Fsp3) is 0.471. The fourth-order valence-corrected chi connectivity index (χ4v) is 2.45. The molecule has 4 heteroatoms. The Hall–Kier alpha value is -1.81. The van der Waals surface area contributed by atoms with E-state index in [1.807, 2.05) is 57.2 Å². The number of benzene rings is 1. The van der Waals surface area contributed by atoms with Crippen molar-refractivity contribution in [3.8, 4) is 5.75 Å². The van der Waals surface area contributed by atoms with Crippen molar-refractivity contribution in [2.75, 3.05) is 0 Å². The molecule has 0 aromatic heterocycles. The molecule has 2 rings (SSSR count). The minimum Gasteiger partial charge on any atom is -0.491 e. The van der Waals surface area contributed by atoms with Gasteiger partial charge in [0.15, 0.2) is 0 Å². The molecule has 4 nitrogen and oxygen atoms in total. The van der Waals surface area contributed by atoms with Crippen LogP contribution < -0.4 is 15.8 Å². The van der Waals surface area contributed by atoms with Crippen molar-refractivity contribution in [3.63, 3.8) is 0 Å². The lowest BCUT2D eigenvalue weighted by Crippen LogP contribution is -2.32. The molecule has 0 aliphatic heterocycles. The lowest BCUT2D eigenvalue weighted by Gasteiger charge is -2.18. The zero-order valence-electron chi connectivity index (χ0n) is 12.9. The largest absolute Gasteiger partial charge is 0.491 e. The van der Waals surface area contributed by atoms with Crippen molar-refractivity contribution in [2.24, 2.45) is 11.7 Å². The second-order valence-corrected chi connectivity index (χ2v) is 5.86. The molecule has 21 heavy (non-hydrogen) atoms. The van der Waals surface area contributed by atoms with Crippen LogP contribution in [0.2, 0.25) is 0 Å². The number of carbonyl (C=O) groups excluding carboxylic acids is 1. The maximum absolute atomic E-state index is 12.2. The van der Waals surface area contributed by atoms with Crippen molar-refractivity contribution in [1.29, 1.82) is 0 Å². The molecular formula is C17H24N2O2. The number of hydrogen-bond acceptors (Lipinski definition) is 3. The SMILES string of the molecule is CC(C)Oc1cccc(C(C)NC(=O)C2C=CC(N)C2)c1. The van der Waals surface area contributed by atoms with Crippen LogP contribution in [0, 0.1) is 5.92 Å². The third kappa shape index (κ3) is 4.33. The van der Waals surface area contributed by atoms with E-state index in [9.17, 15) is 4.79 Å². The third-order valence-electron chi connectivity index (χ3n) is 3.54. The molecule has 1 aromatic rings. The number of rotatable bonds is 5. The van der Waals surface area contributed by atoms with E-state index in [1.165, 1.54) is 0 Å². The van der Waals surface area contributed by atoms with Crippen LogP contribution >= 0.6 is 0 Å². The highest BCUT2D eigenvalue weighted by molar-refractivity contribution is 5.81. The van der Waals surface area contributed by atoms with Gasteiger partial charge < -0.3 is 15.8 Å². The summed E-state index contributed by atoms with van der Waals surface area (Å²) < 4.78 is 5.68. The summed E-state index contributed by atoms with van der Waals surface area (Å²) in [6, 6.07) is 7.78. The van der Waals surface area contributed by atoms with Gasteiger partial charge in [-0.15, -0.1) is 0 Å². The topological polar surface area (TPSA) is 64.3 Å². The molecule has 3 unspecified atom stereocenters. The van der Waals surface area contributed by atoms with E-state index in [1.54, 1.807) is 0 Å². The molecule has 0 spiro atoms. The number of nitrogens with two attached hydrogens (primary N) is 1. The lowest BCUT2D eigenvalue weighted by atomic mass is 10.0. The second-order valence-electron chi connectivity index (χ2n) is 5.86. The van der Waals surface area contributed by atoms with Crippen molar-refractivity contribution >= 4 is 5.91 Å². The standard InChI is InChI=1S/C17H24N2O2/c1-11(2)21-16-6-4-5-13(10-16)12(3)19-17(20)14-7-8-15(18)9-14/h4-8,10-12,14-15H,9,18H2,1-3H3,(H,19,20). The summed E-state index contributed by atoms with van der Waals surface area (Å²) in [7, 11) is 0. The van der Waals surface area contributed by atoms with Crippen molar-refractivity contribution < 1.29 is 9.53 Å². The summed E-state index contributed by atoms with van der Waals surface area (Å²) in [5.74, 6) is 0.741. The van der Waals surface area contributed by atoms with Gasteiger partial charge in [0.05, 0.1) is 18.1 Å². The Morgan fingerprint density at radius 3 is 2.71 bits per heavy atom. The van der Waals surface area contributed by atoms with E-state index in [4.69, 9.17) is 10.5 Å². The van der Waals surface area contributed by atoms with Gasteiger partial charge in [-0.2, -0.15) is 0 Å². The number of amides is 1. The van der Waals surface area contributed by atoms with Gasteiger partial charge in [0, 0.05) is 6.04 Å². The molecule has 0 heterocycles. The Morgan fingerprint density at radius 1 is 1.33 bits per heavy atom. The number of nitrogens with one attached hydrogen (secondary N) is 1. The Labute approximate surface area is 126 Å². The number of hydrogen-bond donors (Lipinski definition) is 2. The first kappa shape index (κ1) is 15.6. The molecule has 0 bridgehead atoms. The average Bonchev–Trinajstić information content (AvgIpc) is 2.85. The maximum Gasteiger partial charge on any atom is 0.227 e. The third-order valence-corrected chi connectivity index (χ3v) is 3.54. The molecule has 1 amide bonds. The van der Waals surface area contributed by atoms with Gasteiger partial charge in [-0.25, -0.2) is 0 Å². The molecule has 0 fully saturated rings. The van der Waals surface area contributed by atoms with E-state index < -0.39 is 0 Å². The van der Waals surface area contributed by atoms with Crippen molar-refractivity contribution in [1.82, 2.24) is 5.32 Å². The zero-order valence-corrected chi connectivity index (χ0v) is 12.9. The first-order valence-electron chi connectivity index (χ1n) is 7.46. The van der Waals surface area contributed by atoms with E-state index >= 15 is 0 Å². The minimum atomic E-state index is -0.113. The molecule has 3 N–H and O–H groups in total. The Kier molecular flexibility index (Phi) is 5.02. The predicted octanol–water partition coefficient (Wildman–Crippen LogP) is 2.55. The Bertz CT molecular complexity index is 525. The summed E-state index contributed by atoms with van der Waals surface area (Å²) >= 11 is 0. The summed E-state index contributed by atoms with van der Waals surface area (Å²) in [5.41, 5.74) is 6.82. The average molecular weight is 288 g/mol. The van der Waals surface area contributed by atoms with Gasteiger partial charge in [-0.1, -0.05) is 24.3 Å². The monoisotopic (exact) mass is 288 g/mol. The number of carbonyl (C=O) groups is 1. The van der Waals surface area contributed by atoms with Gasteiger partial charge in [0.1, 0.15) is 5.75 Å².